The maximum Gasteiger partial charge on any atom is 0.349 e. The molecule has 17 heavy (non-hydrogen) atoms. The van der Waals surface area contributed by atoms with Gasteiger partial charge in [-0.05, 0) is 12.5 Å². The summed E-state index contributed by atoms with van der Waals surface area (Å²) >= 11 is 1.23. The SMILES string of the molecule is CCc1cc(OCCOCCO)c(C(=O)O)s1. The quantitative estimate of drug-likeness (QED) is 0.691. The smallest absolute Gasteiger partial charge is 0.349 e. The van der Waals surface area contributed by atoms with Crippen molar-refractivity contribution in [2.75, 3.05) is 26.4 Å². The number of hydrogen-bond donors (Lipinski definition) is 2. The number of aromatic carboxylic acids is 1. The molecule has 0 radical (unpaired) electrons. The number of aryl methyl sites for hydroxylation is 1. The maximum absolute atomic E-state index is 11.0. The lowest BCUT2D eigenvalue weighted by Gasteiger charge is -2.05. The molecule has 1 heterocycles. The topological polar surface area (TPSA) is 76.0 Å². The van der Waals surface area contributed by atoms with E-state index in [-0.39, 0.29) is 24.7 Å². The largest absolute Gasteiger partial charge is 0.489 e. The molecule has 0 unspecified atom stereocenters. The summed E-state index contributed by atoms with van der Waals surface area (Å²) in [5, 5.41) is 17.5. The fourth-order valence-corrected chi connectivity index (χ4v) is 2.11. The fourth-order valence-electron chi connectivity index (χ4n) is 1.23. The van der Waals surface area contributed by atoms with E-state index in [4.69, 9.17) is 19.7 Å². The van der Waals surface area contributed by atoms with E-state index in [0.717, 1.165) is 11.3 Å². The van der Waals surface area contributed by atoms with Gasteiger partial charge in [-0.25, -0.2) is 4.79 Å². The number of aliphatic hydroxyl groups excluding tert-OH is 1. The van der Waals surface area contributed by atoms with Crippen LogP contribution in [0.3, 0.4) is 0 Å². The van der Waals surface area contributed by atoms with Crippen molar-refractivity contribution in [2.45, 2.75) is 13.3 Å². The third-order valence-electron chi connectivity index (χ3n) is 2.01. The van der Waals surface area contributed by atoms with E-state index in [2.05, 4.69) is 0 Å². The molecule has 0 aliphatic heterocycles. The molecule has 0 fully saturated rings. The van der Waals surface area contributed by atoms with E-state index >= 15 is 0 Å². The second kappa shape index (κ2) is 7.26. The second-order valence-corrected chi connectivity index (χ2v) is 4.39. The van der Waals surface area contributed by atoms with Gasteiger partial charge in [-0.3, -0.25) is 0 Å². The molecule has 0 saturated heterocycles. The summed E-state index contributed by atoms with van der Waals surface area (Å²) < 4.78 is 10.4. The van der Waals surface area contributed by atoms with Crippen molar-refractivity contribution in [1.29, 1.82) is 0 Å². The minimum absolute atomic E-state index is 0.0290. The zero-order valence-electron chi connectivity index (χ0n) is 9.64. The Labute approximate surface area is 104 Å². The highest BCUT2D eigenvalue weighted by Gasteiger charge is 2.15. The van der Waals surface area contributed by atoms with Crippen molar-refractivity contribution < 1.29 is 24.5 Å². The normalized spacial score (nSPS) is 10.5. The van der Waals surface area contributed by atoms with E-state index in [1.807, 2.05) is 6.92 Å². The third-order valence-corrected chi connectivity index (χ3v) is 3.26. The Hall–Kier alpha value is -1.11. The molecule has 0 bridgehead atoms. The van der Waals surface area contributed by atoms with Crippen LogP contribution in [0, 0.1) is 0 Å². The van der Waals surface area contributed by atoms with Crippen LogP contribution in [0.25, 0.3) is 0 Å². The molecule has 0 atom stereocenters. The van der Waals surface area contributed by atoms with Crippen molar-refractivity contribution in [1.82, 2.24) is 0 Å². The standard InChI is InChI=1S/C11H16O5S/c1-2-8-7-9(10(17-8)11(13)14)16-6-5-15-4-3-12/h7,12H,2-6H2,1H3,(H,13,14). The molecule has 6 heteroatoms. The second-order valence-electron chi connectivity index (χ2n) is 3.25. The van der Waals surface area contributed by atoms with Crippen LogP contribution in [0.5, 0.6) is 5.75 Å². The zero-order chi connectivity index (χ0) is 12.7. The van der Waals surface area contributed by atoms with Gasteiger partial charge in [-0.2, -0.15) is 0 Å². The molecular formula is C11H16O5S. The molecule has 0 aromatic carbocycles. The number of carbonyl (C=O) groups is 1. The van der Waals surface area contributed by atoms with Gasteiger partial charge in [0.25, 0.3) is 0 Å². The zero-order valence-corrected chi connectivity index (χ0v) is 10.5. The predicted molar refractivity (Wildman–Crippen MR) is 64.1 cm³/mol. The van der Waals surface area contributed by atoms with Gasteiger partial charge in [0.1, 0.15) is 12.4 Å². The van der Waals surface area contributed by atoms with Crippen LogP contribution >= 0.6 is 11.3 Å². The van der Waals surface area contributed by atoms with Crippen LogP contribution in [0.4, 0.5) is 0 Å². The Kier molecular flexibility index (Phi) is 5.96. The van der Waals surface area contributed by atoms with Crippen molar-refractivity contribution in [3.05, 3.63) is 15.8 Å². The van der Waals surface area contributed by atoms with Gasteiger partial charge in [0.05, 0.1) is 19.8 Å². The van der Waals surface area contributed by atoms with Crippen LogP contribution in [0.15, 0.2) is 6.07 Å². The van der Waals surface area contributed by atoms with Crippen molar-refractivity contribution in [2.24, 2.45) is 0 Å². The average molecular weight is 260 g/mol. The number of ether oxygens (including phenoxy) is 2. The van der Waals surface area contributed by atoms with Gasteiger partial charge in [-0.1, -0.05) is 6.92 Å². The van der Waals surface area contributed by atoms with Crippen LogP contribution in [-0.2, 0) is 11.2 Å². The maximum atomic E-state index is 11.0. The van der Waals surface area contributed by atoms with Gasteiger partial charge in [0, 0.05) is 4.88 Å². The fraction of sp³-hybridized carbons (Fsp3) is 0.545. The molecule has 2 N–H and O–H groups in total. The predicted octanol–water partition coefficient (Wildman–Crippen LogP) is 1.40. The first-order chi connectivity index (χ1) is 8.19. The van der Waals surface area contributed by atoms with Crippen molar-refractivity contribution in [3.63, 3.8) is 0 Å². The van der Waals surface area contributed by atoms with Crippen LogP contribution < -0.4 is 4.74 Å². The molecule has 0 amide bonds. The van der Waals surface area contributed by atoms with Crippen molar-refractivity contribution in [3.8, 4) is 5.75 Å². The highest BCUT2D eigenvalue weighted by molar-refractivity contribution is 7.14. The highest BCUT2D eigenvalue weighted by atomic mass is 32.1. The lowest BCUT2D eigenvalue weighted by molar-refractivity contribution is 0.0662. The lowest BCUT2D eigenvalue weighted by Crippen LogP contribution is -2.10. The van der Waals surface area contributed by atoms with Crippen molar-refractivity contribution >= 4 is 17.3 Å². The molecule has 0 aliphatic carbocycles. The molecule has 0 aliphatic rings. The highest BCUT2D eigenvalue weighted by Crippen LogP contribution is 2.29. The first-order valence-corrected chi connectivity index (χ1v) is 6.18. The van der Waals surface area contributed by atoms with E-state index in [9.17, 15) is 4.79 Å². The van der Waals surface area contributed by atoms with Gasteiger partial charge in [0.15, 0.2) is 4.88 Å². The molecule has 96 valence electrons. The Morgan fingerprint density at radius 3 is 2.76 bits per heavy atom. The molecular weight excluding hydrogens is 244 g/mol. The molecule has 0 saturated carbocycles. The number of aliphatic hydroxyl groups is 1. The Morgan fingerprint density at radius 1 is 1.41 bits per heavy atom. The summed E-state index contributed by atoms with van der Waals surface area (Å²) in [5.74, 6) is -0.576. The Morgan fingerprint density at radius 2 is 2.18 bits per heavy atom. The summed E-state index contributed by atoms with van der Waals surface area (Å²) in [6.07, 6.45) is 0.787. The van der Waals surface area contributed by atoms with Crippen LogP contribution in [0.2, 0.25) is 0 Å². The minimum atomic E-state index is -0.971. The number of carboxylic acids is 1. The van der Waals surface area contributed by atoms with Gasteiger partial charge in [-0.15, -0.1) is 11.3 Å². The van der Waals surface area contributed by atoms with E-state index in [0.29, 0.717) is 12.4 Å². The summed E-state index contributed by atoms with van der Waals surface area (Å²) in [7, 11) is 0. The number of thiophene rings is 1. The van der Waals surface area contributed by atoms with Gasteiger partial charge >= 0.3 is 5.97 Å². The van der Waals surface area contributed by atoms with Gasteiger partial charge in [0.2, 0.25) is 0 Å². The van der Waals surface area contributed by atoms with E-state index < -0.39 is 5.97 Å². The molecule has 5 nitrogen and oxygen atoms in total. The lowest BCUT2D eigenvalue weighted by atomic mass is 10.3. The Bertz CT molecular complexity index is 361. The van der Waals surface area contributed by atoms with Crippen LogP contribution in [-0.4, -0.2) is 42.6 Å². The number of carboxylic acid groups (broad SMARTS) is 1. The number of hydrogen-bond acceptors (Lipinski definition) is 5. The summed E-state index contributed by atoms with van der Waals surface area (Å²) in [6, 6.07) is 1.75. The Balaban J connectivity index is 2.51. The molecule has 1 aromatic rings. The van der Waals surface area contributed by atoms with Crippen LogP contribution in [0.1, 0.15) is 21.5 Å². The first kappa shape index (κ1) is 14.0. The average Bonchev–Trinajstić information content (AvgIpc) is 2.72. The molecule has 0 spiro atoms. The third kappa shape index (κ3) is 4.33. The first-order valence-electron chi connectivity index (χ1n) is 5.36. The van der Waals surface area contributed by atoms with E-state index in [1.54, 1.807) is 6.07 Å². The number of rotatable bonds is 8. The summed E-state index contributed by atoms with van der Waals surface area (Å²) in [6.45, 7) is 2.81. The molecule has 1 rings (SSSR count). The molecule has 1 aromatic heterocycles. The minimum Gasteiger partial charge on any atom is -0.489 e. The monoisotopic (exact) mass is 260 g/mol. The van der Waals surface area contributed by atoms with Gasteiger partial charge < -0.3 is 19.7 Å². The summed E-state index contributed by atoms with van der Waals surface area (Å²) in [4.78, 5) is 12.2. The summed E-state index contributed by atoms with van der Waals surface area (Å²) in [5.41, 5.74) is 0. The van der Waals surface area contributed by atoms with E-state index in [1.165, 1.54) is 11.3 Å².